The van der Waals surface area contributed by atoms with Crippen LogP contribution >= 0.6 is 0 Å². The molecule has 1 aromatic rings. The summed E-state index contributed by atoms with van der Waals surface area (Å²) in [6.07, 6.45) is 4.55. The molecule has 1 saturated carbocycles. The fourth-order valence-electron chi connectivity index (χ4n) is 2.06. The van der Waals surface area contributed by atoms with Crippen LogP contribution in [-0.2, 0) is 4.74 Å². The van der Waals surface area contributed by atoms with Crippen molar-refractivity contribution in [1.29, 1.82) is 0 Å². The smallest absolute Gasteiger partial charge is 0.273 e. The second-order valence-corrected chi connectivity index (χ2v) is 4.73. The molecule has 1 atom stereocenters. The first kappa shape index (κ1) is 10.8. The number of nitrogens with one attached hydrogen (secondary N) is 1. The van der Waals surface area contributed by atoms with Crippen molar-refractivity contribution in [1.82, 2.24) is 10.5 Å². The number of rotatable bonds is 4. The molecule has 5 nitrogen and oxygen atoms in total. The standard InChI is InChI=1S/C12H16N2O3/c15-12(13-7-9-2-1-5-16-9)10-6-11(17-14-10)8-3-4-8/h6,8-9H,1-5,7H2,(H,13,15)/t9-/m1/s1. The van der Waals surface area contributed by atoms with Gasteiger partial charge in [0.25, 0.3) is 5.91 Å². The first-order valence-electron chi connectivity index (χ1n) is 6.19. The van der Waals surface area contributed by atoms with Gasteiger partial charge >= 0.3 is 0 Å². The van der Waals surface area contributed by atoms with Crippen molar-refractivity contribution < 1.29 is 14.1 Å². The van der Waals surface area contributed by atoms with E-state index < -0.39 is 0 Å². The highest BCUT2D eigenvalue weighted by Crippen LogP contribution is 2.40. The van der Waals surface area contributed by atoms with Crippen LogP contribution in [0, 0.1) is 0 Å². The lowest BCUT2D eigenvalue weighted by Crippen LogP contribution is -2.31. The van der Waals surface area contributed by atoms with Gasteiger partial charge in [0.05, 0.1) is 6.10 Å². The Morgan fingerprint density at radius 2 is 2.35 bits per heavy atom. The van der Waals surface area contributed by atoms with Gasteiger partial charge in [0, 0.05) is 25.1 Å². The Balaban J connectivity index is 1.53. The summed E-state index contributed by atoms with van der Waals surface area (Å²) < 4.78 is 10.6. The summed E-state index contributed by atoms with van der Waals surface area (Å²) in [5.74, 6) is 1.16. The van der Waals surface area contributed by atoms with E-state index in [2.05, 4.69) is 10.5 Å². The average molecular weight is 236 g/mol. The maximum atomic E-state index is 11.8. The van der Waals surface area contributed by atoms with Gasteiger partial charge in [-0.15, -0.1) is 0 Å². The van der Waals surface area contributed by atoms with Crippen molar-refractivity contribution in [2.24, 2.45) is 0 Å². The van der Waals surface area contributed by atoms with Gasteiger partial charge in [0.2, 0.25) is 0 Å². The molecule has 1 N–H and O–H groups in total. The van der Waals surface area contributed by atoms with Crippen molar-refractivity contribution in [2.75, 3.05) is 13.2 Å². The summed E-state index contributed by atoms with van der Waals surface area (Å²) in [5.41, 5.74) is 0.380. The van der Waals surface area contributed by atoms with Crippen molar-refractivity contribution in [3.63, 3.8) is 0 Å². The zero-order valence-electron chi connectivity index (χ0n) is 9.65. The molecule has 17 heavy (non-hydrogen) atoms. The zero-order chi connectivity index (χ0) is 11.7. The lowest BCUT2D eigenvalue weighted by molar-refractivity contribution is 0.0850. The molecular weight excluding hydrogens is 220 g/mol. The molecule has 2 heterocycles. The molecule has 1 amide bonds. The second kappa shape index (κ2) is 4.49. The largest absolute Gasteiger partial charge is 0.376 e. The van der Waals surface area contributed by atoms with Gasteiger partial charge in [-0.2, -0.15) is 0 Å². The molecule has 1 saturated heterocycles. The van der Waals surface area contributed by atoms with Gasteiger partial charge in [-0.25, -0.2) is 0 Å². The molecule has 5 heteroatoms. The van der Waals surface area contributed by atoms with Crippen LogP contribution in [0.4, 0.5) is 0 Å². The van der Waals surface area contributed by atoms with Crippen LogP contribution in [0.25, 0.3) is 0 Å². The molecule has 0 bridgehead atoms. The Labute approximate surface area is 99.5 Å². The average Bonchev–Trinajstić information content (AvgIpc) is 2.88. The summed E-state index contributed by atoms with van der Waals surface area (Å²) in [6, 6.07) is 1.75. The highest BCUT2D eigenvalue weighted by atomic mass is 16.5. The highest BCUT2D eigenvalue weighted by molar-refractivity contribution is 5.92. The summed E-state index contributed by atoms with van der Waals surface area (Å²) in [6.45, 7) is 1.36. The third-order valence-electron chi connectivity index (χ3n) is 3.26. The van der Waals surface area contributed by atoms with E-state index in [4.69, 9.17) is 9.26 Å². The molecule has 1 aliphatic carbocycles. The summed E-state index contributed by atoms with van der Waals surface area (Å²) in [7, 11) is 0. The van der Waals surface area contributed by atoms with Crippen LogP contribution in [-0.4, -0.2) is 30.3 Å². The van der Waals surface area contributed by atoms with Crippen molar-refractivity contribution in [3.8, 4) is 0 Å². The van der Waals surface area contributed by atoms with Gasteiger partial charge in [0.15, 0.2) is 5.69 Å². The van der Waals surface area contributed by atoms with Crippen LogP contribution in [0.15, 0.2) is 10.6 Å². The number of ether oxygens (including phenoxy) is 1. The molecule has 0 radical (unpaired) electrons. The second-order valence-electron chi connectivity index (χ2n) is 4.73. The first-order valence-corrected chi connectivity index (χ1v) is 6.19. The van der Waals surface area contributed by atoms with Crippen LogP contribution in [0.3, 0.4) is 0 Å². The monoisotopic (exact) mass is 236 g/mol. The number of aromatic nitrogens is 1. The van der Waals surface area contributed by atoms with E-state index in [1.54, 1.807) is 6.07 Å². The molecule has 92 valence electrons. The number of carbonyl (C=O) groups is 1. The SMILES string of the molecule is O=C(NC[C@H]1CCCO1)c1cc(C2CC2)on1. The predicted octanol–water partition coefficient (Wildman–Crippen LogP) is 1.46. The summed E-state index contributed by atoms with van der Waals surface area (Å²) in [4.78, 5) is 11.8. The Morgan fingerprint density at radius 1 is 1.47 bits per heavy atom. The minimum absolute atomic E-state index is 0.161. The summed E-state index contributed by atoms with van der Waals surface area (Å²) >= 11 is 0. The molecule has 0 aromatic carbocycles. The molecule has 0 spiro atoms. The van der Waals surface area contributed by atoms with Crippen LogP contribution in [0.5, 0.6) is 0 Å². The fraction of sp³-hybridized carbons (Fsp3) is 0.667. The Bertz CT molecular complexity index is 406. The number of carbonyl (C=O) groups excluding carboxylic acids is 1. The molecule has 1 aliphatic heterocycles. The van der Waals surface area contributed by atoms with Crippen LogP contribution in [0.1, 0.15) is 47.8 Å². The van der Waals surface area contributed by atoms with E-state index in [1.165, 1.54) is 0 Å². The lowest BCUT2D eigenvalue weighted by Gasteiger charge is -2.09. The van der Waals surface area contributed by atoms with Gasteiger partial charge in [0.1, 0.15) is 5.76 Å². The van der Waals surface area contributed by atoms with Gasteiger partial charge in [-0.3, -0.25) is 4.79 Å². The lowest BCUT2D eigenvalue weighted by atomic mass is 10.2. The van der Waals surface area contributed by atoms with Crippen LogP contribution < -0.4 is 5.32 Å². The minimum Gasteiger partial charge on any atom is -0.376 e. The molecule has 1 aromatic heterocycles. The van der Waals surface area contributed by atoms with E-state index >= 15 is 0 Å². The maximum absolute atomic E-state index is 11.8. The molecular formula is C12H16N2O3. The quantitative estimate of drug-likeness (QED) is 0.859. The zero-order valence-corrected chi connectivity index (χ0v) is 9.65. The molecule has 3 rings (SSSR count). The fourth-order valence-corrected chi connectivity index (χ4v) is 2.06. The van der Waals surface area contributed by atoms with E-state index in [-0.39, 0.29) is 12.0 Å². The predicted molar refractivity (Wildman–Crippen MR) is 59.8 cm³/mol. The van der Waals surface area contributed by atoms with Gasteiger partial charge < -0.3 is 14.6 Å². The third-order valence-corrected chi connectivity index (χ3v) is 3.26. The Kier molecular flexibility index (Phi) is 2.84. The normalized spacial score (nSPS) is 23.9. The van der Waals surface area contributed by atoms with E-state index in [0.717, 1.165) is 38.1 Å². The maximum Gasteiger partial charge on any atom is 0.273 e. The third kappa shape index (κ3) is 2.49. The number of hydrogen-bond donors (Lipinski definition) is 1. The van der Waals surface area contributed by atoms with Crippen molar-refractivity contribution in [3.05, 3.63) is 17.5 Å². The van der Waals surface area contributed by atoms with Crippen molar-refractivity contribution >= 4 is 5.91 Å². The highest BCUT2D eigenvalue weighted by Gasteiger charge is 2.29. The van der Waals surface area contributed by atoms with Crippen LogP contribution in [0.2, 0.25) is 0 Å². The molecule has 2 aliphatic rings. The molecule has 0 unspecified atom stereocenters. The number of amides is 1. The van der Waals surface area contributed by atoms with Gasteiger partial charge in [-0.05, 0) is 25.7 Å². The van der Waals surface area contributed by atoms with E-state index in [0.29, 0.717) is 18.2 Å². The van der Waals surface area contributed by atoms with Crippen molar-refractivity contribution in [2.45, 2.75) is 37.7 Å². The van der Waals surface area contributed by atoms with Gasteiger partial charge in [-0.1, -0.05) is 5.16 Å². The number of hydrogen-bond acceptors (Lipinski definition) is 4. The Hall–Kier alpha value is -1.36. The Morgan fingerprint density at radius 3 is 3.06 bits per heavy atom. The minimum atomic E-state index is -0.170. The van der Waals surface area contributed by atoms with E-state index in [9.17, 15) is 4.79 Å². The van der Waals surface area contributed by atoms with E-state index in [1.807, 2.05) is 0 Å². The topological polar surface area (TPSA) is 64.4 Å². The molecule has 2 fully saturated rings. The number of nitrogens with zero attached hydrogens (tertiary/aromatic N) is 1. The summed E-state index contributed by atoms with van der Waals surface area (Å²) in [5, 5.41) is 6.62. The first-order chi connectivity index (χ1) is 8.33.